The van der Waals surface area contributed by atoms with Crippen LogP contribution in [0.2, 0.25) is 0 Å². The first-order valence-electron chi connectivity index (χ1n) is 9.68. The number of carbonyl (C=O) groups is 1. The number of amides is 1. The zero-order valence-corrected chi connectivity index (χ0v) is 17.8. The fourth-order valence-corrected chi connectivity index (χ4v) is 4.81. The summed E-state index contributed by atoms with van der Waals surface area (Å²) >= 11 is 0. The first kappa shape index (κ1) is 20.9. The molecular weight excluding hydrogens is 419 g/mol. The Kier molecular flexibility index (Phi) is 5.41. The smallest absolute Gasteiger partial charge is 0.267 e. The van der Waals surface area contributed by atoms with Gasteiger partial charge in [-0.25, -0.2) is 12.8 Å². The SMILES string of the molecule is Cc1ccc(S(=O)(=O)N2CC(C(=O)Nc3ccccc3F)Oc3ccc(C)cc32)cc1. The van der Waals surface area contributed by atoms with Crippen molar-refractivity contribution in [1.82, 2.24) is 0 Å². The number of aryl methyl sites for hydroxylation is 2. The fraction of sp³-hybridized carbons (Fsp3) is 0.174. The number of sulfonamides is 1. The molecule has 8 heteroatoms. The molecule has 1 heterocycles. The van der Waals surface area contributed by atoms with Gasteiger partial charge in [0, 0.05) is 0 Å². The van der Waals surface area contributed by atoms with Gasteiger partial charge in [0.15, 0.2) is 6.10 Å². The number of nitrogens with zero attached hydrogens (tertiary/aromatic N) is 1. The predicted molar refractivity (Wildman–Crippen MR) is 116 cm³/mol. The normalized spacial score (nSPS) is 15.7. The van der Waals surface area contributed by atoms with Crippen molar-refractivity contribution in [2.24, 2.45) is 0 Å². The van der Waals surface area contributed by atoms with E-state index in [4.69, 9.17) is 4.74 Å². The fourth-order valence-electron chi connectivity index (χ4n) is 3.34. The van der Waals surface area contributed by atoms with Crippen molar-refractivity contribution in [3.63, 3.8) is 0 Å². The van der Waals surface area contributed by atoms with Gasteiger partial charge in [0.05, 0.1) is 22.8 Å². The summed E-state index contributed by atoms with van der Waals surface area (Å²) in [6, 6.07) is 17.3. The molecule has 4 rings (SSSR count). The van der Waals surface area contributed by atoms with Crippen LogP contribution in [0.5, 0.6) is 5.75 Å². The van der Waals surface area contributed by atoms with Crippen molar-refractivity contribution in [3.05, 3.63) is 83.7 Å². The van der Waals surface area contributed by atoms with Gasteiger partial charge in [-0.3, -0.25) is 9.10 Å². The number of carbonyl (C=O) groups excluding carboxylic acids is 1. The van der Waals surface area contributed by atoms with E-state index in [-0.39, 0.29) is 22.9 Å². The molecule has 1 unspecified atom stereocenters. The Morgan fingerprint density at radius 3 is 2.42 bits per heavy atom. The maximum Gasteiger partial charge on any atom is 0.267 e. The molecular formula is C23H21FN2O4S. The van der Waals surface area contributed by atoms with E-state index in [1.165, 1.54) is 34.6 Å². The average molecular weight is 440 g/mol. The molecule has 3 aromatic rings. The number of anilines is 2. The van der Waals surface area contributed by atoms with Crippen molar-refractivity contribution in [3.8, 4) is 5.75 Å². The minimum absolute atomic E-state index is 0.00116. The number of fused-ring (bicyclic) bond motifs is 1. The molecule has 0 bridgehead atoms. The molecule has 0 saturated heterocycles. The molecule has 6 nitrogen and oxygen atoms in total. The molecule has 1 amide bonds. The number of ether oxygens (including phenoxy) is 1. The van der Waals surface area contributed by atoms with Crippen LogP contribution in [0.1, 0.15) is 11.1 Å². The summed E-state index contributed by atoms with van der Waals surface area (Å²) in [5, 5.41) is 2.48. The lowest BCUT2D eigenvalue weighted by molar-refractivity contribution is -0.122. The lowest BCUT2D eigenvalue weighted by Gasteiger charge is -2.35. The number of para-hydroxylation sites is 1. The van der Waals surface area contributed by atoms with Crippen LogP contribution in [0, 0.1) is 19.7 Å². The van der Waals surface area contributed by atoms with Gasteiger partial charge in [0.25, 0.3) is 15.9 Å². The van der Waals surface area contributed by atoms with Gasteiger partial charge in [-0.2, -0.15) is 0 Å². The predicted octanol–water partition coefficient (Wildman–Crippen LogP) is 4.04. The third-order valence-corrected chi connectivity index (χ3v) is 6.81. The van der Waals surface area contributed by atoms with Gasteiger partial charge >= 0.3 is 0 Å². The highest BCUT2D eigenvalue weighted by Gasteiger charge is 2.37. The summed E-state index contributed by atoms with van der Waals surface area (Å²) in [4.78, 5) is 12.9. The first-order valence-corrected chi connectivity index (χ1v) is 11.1. The number of hydrogen-bond donors (Lipinski definition) is 1. The molecule has 160 valence electrons. The zero-order valence-electron chi connectivity index (χ0n) is 17.0. The van der Waals surface area contributed by atoms with Crippen molar-refractivity contribution in [1.29, 1.82) is 0 Å². The van der Waals surface area contributed by atoms with Crippen LogP contribution in [-0.4, -0.2) is 27.0 Å². The molecule has 0 radical (unpaired) electrons. The maximum atomic E-state index is 14.0. The van der Waals surface area contributed by atoms with Gasteiger partial charge in [-0.05, 0) is 55.8 Å². The van der Waals surface area contributed by atoms with Crippen LogP contribution in [0.4, 0.5) is 15.8 Å². The summed E-state index contributed by atoms with van der Waals surface area (Å²) in [6.45, 7) is 3.47. The second-order valence-electron chi connectivity index (χ2n) is 7.40. The van der Waals surface area contributed by atoms with Crippen molar-refractivity contribution in [2.45, 2.75) is 24.8 Å². The van der Waals surface area contributed by atoms with Crippen LogP contribution < -0.4 is 14.4 Å². The maximum absolute atomic E-state index is 14.0. The van der Waals surface area contributed by atoms with Gasteiger partial charge in [0.2, 0.25) is 0 Å². The quantitative estimate of drug-likeness (QED) is 0.665. The van der Waals surface area contributed by atoms with E-state index in [9.17, 15) is 17.6 Å². The Morgan fingerprint density at radius 2 is 1.71 bits per heavy atom. The third-order valence-electron chi connectivity index (χ3n) is 5.02. The Morgan fingerprint density at radius 1 is 1.03 bits per heavy atom. The molecule has 0 saturated carbocycles. The minimum atomic E-state index is -3.96. The lowest BCUT2D eigenvalue weighted by Crippen LogP contribution is -2.49. The summed E-state index contributed by atoms with van der Waals surface area (Å²) in [5.74, 6) is -0.964. The third kappa shape index (κ3) is 4.11. The van der Waals surface area contributed by atoms with E-state index in [1.807, 2.05) is 13.8 Å². The Balaban J connectivity index is 1.71. The van der Waals surface area contributed by atoms with E-state index >= 15 is 0 Å². The minimum Gasteiger partial charge on any atom is -0.476 e. The Hall–Kier alpha value is -3.39. The van der Waals surface area contributed by atoms with E-state index in [2.05, 4.69) is 5.32 Å². The van der Waals surface area contributed by atoms with Gasteiger partial charge in [0.1, 0.15) is 11.6 Å². The second kappa shape index (κ2) is 8.03. The highest BCUT2D eigenvalue weighted by Crippen LogP contribution is 2.38. The summed E-state index contributed by atoms with van der Waals surface area (Å²) in [5.41, 5.74) is 2.13. The molecule has 0 aliphatic carbocycles. The highest BCUT2D eigenvalue weighted by molar-refractivity contribution is 7.92. The van der Waals surface area contributed by atoms with Crippen LogP contribution in [0.15, 0.2) is 71.6 Å². The number of halogens is 1. The van der Waals surface area contributed by atoms with Crippen LogP contribution in [0.25, 0.3) is 0 Å². The van der Waals surface area contributed by atoms with Crippen molar-refractivity contribution < 1.29 is 22.3 Å². The number of benzene rings is 3. The van der Waals surface area contributed by atoms with Crippen LogP contribution >= 0.6 is 0 Å². The monoisotopic (exact) mass is 440 g/mol. The number of nitrogens with one attached hydrogen (secondary N) is 1. The number of hydrogen-bond acceptors (Lipinski definition) is 4. The van der Waals surface area contributed by atoms with Crippen molar-refractivity contribution >= 4 is 27.3 Å². The molecule has 0 spiro atoms. The topological polar surface area (TPSA) is 75.7 Å². The van der Waals surface area contributed by atoms with Gasteiger partial charge in [-0.1, -0.05) is 35.9 Å². The summed E-state index contributed by atoms with van der Waals surface area (Å²) in [6.07, 6.45) is -1.16. The molecule has 0 aromatic heterocycles. The van der Waals surface area contributed by atoms with Crippen molar-refractivity contribution in [2.75, 3.05) is 16.2 Å². The van der Waals surface area contributed by atoms with E-state index < -0.39 is 27.9 Å². The van der Waals surface area contributed by atoms with Gasteiger partial charge < -0.3 is 10.1 Å². The first-order chi connectivity index (χ1) is 14.8. The Bertz CT molecular complexity index is 1240. The number of rotatable bonds is 4. The second-order valence-corrected chi connectivity index (χ2v) is 9.26. The standard InChI is InChI=1S/C23H21FN2O4S/c1-15-7-10-17(11-8-15)31(28,29)26-14-22(30-21-12-9-16(2)13-20(21)26)23(27)25-19-6-4-3-5-18(19)24/h3-13,22H,14H2,1-2H3,(H,25,27). The van der Waals surface area contributed by atoms with Gasteiger partial charge in [-0.15, -0.1) is 0 Å². The highest BCUT2D eigenvalue weighted by atomic mass is 32.2. The lowest BCUT2D eigenvalue weighted by atomic mass is 10.1. The van der Waals surface area contributed by atoms with E-state index in [1.54, 1.807) is 36.4 Å². The molecule has 31 heavy (non-hydrogen) atoms. The average Bonchev–Trinajstić information content (AvgIpc) is 2.74. The van der Waals surface area contributed by atoms with E-state index in [0.29, 0.717) is 5.69 Å². The van der Waals surface area contributed by atoms with E-state index in [0.717, 1.165) is 11.1 Å². The van der Waals surface area contributed by atoms with Crippen LogP contribution in [-0.2, 0) is 14.8 Å². The molecule has 0 fully saturated rings. The molecule has 1 aliphatic rings. The summed E-state index contributed by atoms with van der Waals surface area (Å²) in [7, 11) is -3.96. The molecule has 1 aliphatic heterocycles. The molecule has 1 N–H and O–H groups in total. The molecule has 3 aromatic carbocycles. The van der Waals surface area contributed by atoms with Crippen LogP contribution in [0.3, 0.4) is 0 Å². The molecule has 1 atom stereocenters. The Labute approximate surface area is 180 Å². The zero-order chi connectivity index (χ0) is 22.2. The largest absolute Gasteiger partial charge is 0.476 e. The summed E-state index contributed by atoms with van der Waals surface area (Å²) < 4.78 is 47.8.